The lowest BCUT2D eigenvalue weighted by Gasteiger charge is -2.36. The van der Waals surface area contributed by atoms with Gasteiger partial charge in [-0.05, 0) is 56.8 Å². The largest absolute Gasteiger partial charge is 0.339 e. The zero-order valence-electron chi connectivity index (χ0n) is 15.3. The average molecular weight is 364 g/mol. The highest BCUT2D eigenvalue weighted by atomic mass is 32.1. The molecule has 0 aromatic carbocycles. The number of rotatable bonds is 4. The summed E-state index contributed by atoms with van der Waals surface area (Å²) < 4.78 is 0. The van der Waals surface area contributed by atoms with Crippen LogP contribution in [0, 0.1) is 18.8 Å². The van der Waals surface area contributed by atoms with E-state index in [1.807, 2.05) is 28.9 Å². The van der Waals surface area contributed by atoms with Crippen molar-refractivity contribution >= 4 is 23.2 Å². The summed E-state index contributed by atoms with van der Waals surface area (Å²) in [5, 5.41) is 3.44. The van der Waals surface area contributed by atoms with Gasteiger partial charge in [0.25, 0.3) is 5.91 Å². The fourth-order valence-corrected chi connectivity index (χ4v) is 4.64. The molecular formula is C19H29N3O2S. The number of carbonyl (C=O) groups is 2. The van der Waals surface area contributed by atoms with E-state index in [0.29, 0.717) is 44.4 Å². The van der Waals surface area contributed by atoms with E-state index in [1.165, 1.54) is 12.8 Å². The molecule has 2 amide bonds. The summed E-state index contributed by atoms with van der Waals surface area (Å²) in [6.45, 7) is 8.96. The summed E-state index contributed by atoms with van der Waals surface area (Å²) in [7, 11) is 0. The number of hydrogen-bond acceptors (Lipinski definition) is 4. The molecule has 138 valence electrons. The molecule has 3 heterocycles. The quantitative estimate of drug-likeness (QED) is 0.893. The lowest BCUT2D eigenvalue weighted by Crippen LogP contribution is -2.51. The van der Waals surface area contributed by atoms with Gasteiger partial charge in [-0.2, -0.15) is 0 Å². The Kier molecular flexibility index (Phi) is 6.12. The van der Waals surface area contributed by atoms with Gasteiger partial charge in [-0.25, -0.2) is 0 Å². The van der Waals surface area contributed by atoms with E-state index >= 15 is 0 Å². The number of nitrogens with one attached hydrogen (secondary N) is 1. The van der Waals surface area contributed by atoms with Crippen molar-refractivity contribution < 1.29 is 9.59 Å². The third-order valence-electron chi connectivity index (χ3n) is 5.51. The number of carbonyl (C=O) groups excluding carboxylic acids is 2. The van der Waals surface area contributed by atoms with Crippen molar-refractivity contribution in [3.63, 3.8) is 0 Å². The first-order valence-electron chi connectivity index (χ1n) is 9.39. The first kappa shape index (κ1) is 18.4. The van der Waals surface area contributed by atoms with E-state index in [0.717, 1.165) is 22.8 Å². The molecule has 1 aromatic rings. The van der Waals surface area contributed by atoms with Crippen molar-refractivity contribution in [2.45, 2.75) is 33.1 Å². The summed E-state index contributed by atoms with van der Waals surface area (Å²) >= 11 is 1.54. The Labute approximate surface area is 154 Å². The van der Waals surface area contributed by atoms with E-state index in [-0.39, 0.29) is 11.8 Å². The number of nitrogens with zero attached hydrogens (tertiary/aromatic N) is 2. The monoisotopic (exact) mass is 363 g/mol. The minimum absolute atomic E-state index is 0.104. The molecule has 2 saturated heterocycles. The SMILES string of the molecule is Cc1ccc(C(=O)N2CCN(C(=O)CC(C)C3CCCNC3)CC2)s1. The van der Waals surface area contributed by atoms with Crippen LogP contribution in [0.1, 0.15) is 40.7 Å². The van der Waals surface area contributed by atoms with Crippen molar-refractivity contribution in [2.24, 2.45) is 11.8 Å². The van der Waals surface area contributed by atoms with Crippen LogP contribution in [0.3, 0.4) is 0 Å². The van der Waals surface area contributed by atoms with Crippen molar-refractivity contribution in [1.29, 1.82) is 0 Å². The van der Waals surface area contributed by atoms with Crippen LogP contribution in [0.25, 0.3) is 0 Å². The van der Waals surface area contributed by atoms with Gasteiger partial charge >= 0.3 is 0 Å². The number of amides is 2. The van der Waals surface area contributed by atoms with Crippen molar-refractivity contribution in [3.8, 4) is 0 Å². The van der Waals surface area contributed by atoms with E-state index in [9.17, 15) is 9.59 Å². The predicted molar refractivity (Wildman–Crippen MR) is 101 cm³/mol. The first-order chi connectivity index (χ1) is 12.0. The third kappa shape index (κ3) is 4.61. The highest BCUT2D eigenvalue weighted by Gasteiger charge is 2.28. The molecular weight excluding hydrogens is 334 g/mol. The molecule has 2 aliphatic heterocycles. The van der Waals surface area contributed by atoms with Gasteiger partial charge in [0, 0.05) is 37.5 Å². The molecule has 3 rings (SSSR count). The van der Waals surface area contributed by atoms with E-state index in [4.69, 9.17) is 0 Å². The topological polar surface area (TPSA) is 52.7 Å². The molecule has 0 spiro atoms. The van der Waals surface area contributed by atoms with Crippen molar-refractivity contribution in [1.82, 2.24) is 15.1 Å². The van der Waals surface area contributed by atoms with Crippen LogP contribution < -0.4 is 5.32 Å². The fourth-order valence-electron chi connectivity index (χ4n) is 3.80. The van der Waals surface area contributed by atoms with Gasteiger partial charge in [0.15, 0.2) is 0 Å². The van der Waals surface area contributed by atoms with Crippen molar-refractivity contribution in [2.75, 3.05) is 39.3 Å². The lowest BCUT2D eigenvalue weighted by atomic mass is 9.85. The Morgan fingerprint density at radius 1 is 1.24 bits per heavy atom. The second kappa shape index (κ2) is 8.32. The van der Waals surface area contributed by atoms with E-state index < -0.39 is 0 Å². The molecule has 0 radical (unpaired) electrons. The third-order valence-corrected chi connectivity index (χ3v) is 6.50. The Morgan fingerprint density at radius 2 is 1.96 bits per heavy atom. The standard InChI is InChI=1S/C19H29N3O2S/c1-14(16-4-3-7-20-13-16)12-18(23)21-8-10-22(11-9-21)19(24)17-6-5-15(2)25-17/h5-6,14,16,20H,3-4,7-13H2,1-2H3. The predicted octanol–water partition coefficient (Wildman–Crippen LogP) is 2.37. The van der Waals surface area contributed by atoms with Gasteiger partial charge in [0.2, 0.25) is 5.91 Å². The highest BCUT2D eigenvalue weighted by molar-refractivity contribution is 7.13. The average Bonchev–Trinajstić information content (AvgIpc) is 3.08. The van der Waals surface area contributed by atoms with Crippen LogP contribution in [0.5, 0.6) is 0 Å². The molecule has 6 heteroatoms. The van der Waals surface area contributed by atoms with Crippen LogP contribution in [-0.2, 0) is 4.79 Å². The van der Waals surface area contributed by atoms with Crippen LogP contribution in [0.15, 0.2) is 12.1 Å². The molecule has 2 aliphatic rings. The molecule has 2 unspecified atom stereocenters. The maximum absolute atomic E-state index is 12.6. The zero-order valence-corrected chi connectivity index (χ0v) is 16.1. The van der Waals surface area contributed by atoms with E-state index in [2.05, 4.69) is 12.2 Å². The number of hydrogen-bond donors (Lipinski definition) is 1. The summed E-state index contributed by atoms with van der Waals surface area (Å²) in [6.07, 6.45) is 3.07. The minimum Gasteiger partial charge on any atom is -0.339 e. The molecule has 0 aliphatic carbocycles. The fraction of sp³-hybridized carbons (Fsp3) is 0.684. The molecule has 1 aromatic heterocycles. The smallest absolute Gasteiger partial charge is 0.264 e. The molecule has 25 heavy (non-hydrogen) atoms. The minimum atomic E-state index is 0.104. The summed E-state index contributed by atoms with van der Waals surface area (Å²) in [6, 6.07) is 3.89. The summed E-state index contributed by atoms with van der Waals surface area (Å²) in [4.78, 5) is 30.9. The zero-order chi connectivity index (χ0) is 17.8. The van der Waals surface area contributed by atoms with Crippen molar-refractivity contribution in [3.05, 3.63) is 21.9 Å². The maximum atomic E-state index is 12.6. The molecule has 5 nitrogen and oxygen atoms in total. The van der Waals surface area contributed by atoms with Gasteiger partial charge in [0.05, 0.1) is 4.88 Å². The van der Waals surface area contributed by atoms with Gasteiger partial charge in [0.1, 0.15) is 0 Å². The second-order valence-electron chi connectivity index (χ2n) is 7.37. The van der Waals surface area contributed by atoms with Gasteiger partial charge in [-0.1, -0.05) is 6.92 Å². The Hall–Kier alpha value is -1.40. The molecule has 1 N–H and O–H groups in total. The van der Waals surface area contributed by atoms with Crippen LogP contribution in [0.2, 0.25) is 0 Å². The number of piperazine rings is 1. The summed E-state index contributed by atoms with van der Waals surface area (Å²) in [5.74, 6) is 1.39. The normalized spacial score (nSPS) is 22.7. The highest BCUT2D eigenvalue weighted by Crippen LogP contribution is 2.24. The van der Waals surface area contributed by atoms with Crippen LogP contribution in [-0.4, -0.2) is 60.9 Å². The van der Waals surface area contributed by atoms with E-state index in [1.54, 1.807) is 11.3 Å². The van der Waals surface area contributed by atoms with Gasteiger partial charge < -0.3 is 15.1 Å². The second-order valence-corrected chi connectivity index (χ2v) is 8.66. The lowest BCUT2D eigenvalue weighted by molar-refractivity contribution is -0.134. The first-order valence-corrected chi connectivity index (χ1v) is 10.2. The molecule has 0 saturated carbocycles. The van der Waals surface area contributed by atoms with Gasteiger partial charge in [-0.15, -0.1) is 11.3 Å². The number of piperidine rings is 1. The van der Waals surface area contributed by atoms with Crippen LogP contribution >= 0.6 is 11.3 Å². The molecule has 0 bridgehead atoms. The Morgan fingerprint density at radius 3 is 2.56 bits per heavy atom. The Balaban J connectivity index is 1.46. The Bertz CT molecular complexity index is 602. The van der Waals surface area contributed by atoms with Crippen LogP contribution in [0.4, 0.5) is 0 Å². The maximum Gasteiger partial charge on any atom is 0.264 e. The van der Waals surface area contributed by atoms with Gasteiger partial charge in [-0.3, -0.25) is 9.59 Å². The number of aryl methyl sites for hydroxylation is 1. The number of thiophene rings is 1. The molecule has 2 fully saturated rings. The summed E-state index contributed by atoms with van der Waals surface area (Å²) in [5.41, 5.74) is 0. The molecule has 2 atom stereocenters.